The molecule has 0 heterocycles. The molecule has 0 amide bonds. The van der Waals surface area contributed by atoms with E-state index < -0.39 is 0 Å². The zero-order chi connectivity index (χ0) is 9.40. The smallest absolute Gasteiger partial charge is 0.0655 e. The van der Waals surface area contributed by atoms with Gasteiger partial charge in [-0.15, -0.1) is 0 Å². The van der Waals surface area contributed by atoms with Gasteiger partial charge >= 0.3 is 0 Å². The van der Waals surface area contributed by atoms with Crippen molar-refractivity contribution < 1.29 is 0 Å². The van der Waals surface area contributed by atoms with Crippen LogP contribution in [0, 0.1) is 34.5 Å². The molecule has 66 valence electrons. The van der Waals surface area contributed by atoms with Crippen LogP contribution in [-0.4, -0.2) is 0 Å². The molecule has 12 heavy (non-hydrogen) atoms. The minimum absolute atomic E-state index is 0.0951. The Kier molecular flexibility index (Phi) is 6.11. The third-order valence-corrected chi connectivity index (χ3v) is 1.99. The Morgan fingerprint density at radius 3 is 2.17 bits per heavy atom. The minimum atomic E-state index is 0.0951. The van der Waals surface area contributed by atoms with Gasteiger partial charge in [0.1, 0.15) is 0 Å². The van der Waals surface area contributed by atoms with E-state index in [9.17, 15) is 0 Å². The van der Waals surface area contributed by atoms with Crippen LogP contribution >= 0.6 is 0 Å². The summed E-state index contributed by atoms with van der Waals surface area (Å²) in [5.41, 5.74) is 0. The molecule has 0 aromatic carbocycles. The lowest BCUT2D eigenvalue weighted by Crippen LogP contribution is -1.99. The van der Waals surface area contributed by atoms with Crippen molar-refractivity contribution in [1.82, 2.24) is 0 Å². The quantitative estimate of drug-likeness (QED) is 0.627. The first kappa shape index (κ1) is 11.0. The molecule has 0 aliphatic heterocycles. The normalized spacial score (nSPS) is 14.3. The number of hydrogen-bond donors (Lipinski definition) is 0. The second-order valence-electron chi connectivity index (χ2n) is 3.22. The van der Waals surface area contributed by atoms with Crippen LogP contribution in [0.1, 0.15) is 39.5 Å². The Morgan fingerprint density at radius 2 is 1.75 bits per heavy atom. The largest absolute Gasteiger partial charge is 0.198 e. The van der Waals surface area contributed by atoms with E-state index >= 15 is 0 Å². The SMILES string of the molecule is CCCC(C#N)CCC(C)C#N. The maximum atomic E-state index is 8.71. The van der Waals surface area contributed by atoms with Crippen LogP contribution in [0.2, 0.25) is 0 Å². The second-order valence-corrected chi connectivity index (χ2v) is 3.22. The summed E-state index contributed by atoms with van der Waals surface area (Å²) in [6, 6.07) is 4.45. The predicted molar refractivity (Wildman–Crippen MR) is 48.0 cm³/mol. The summed E-state index contributed by atoms with van der Waals surface area (Å²) >= 11 is 0. The van der Waals surface area contributed by atoms with E-state index in [1.807, 2.05) is 6.92 Å². The standard InChI is InChI=1S/C10H16N2/c1-3-4-10(8-12)6-5-9(2)7-11/h9-10H,3-6H2,1-2H3. The molecule has 0 bridgehead atoms. The van der Waals surface area contributed by atoms with Crippen molar-refractivity contribution in [3.8, 4) is 12.1 Å². The van der Waals surface area contributed by atoms with Gasteiger partial charge in [0.05, 0.1) is 12.1 Å². The van der Waals surface area contributed by atoms with Crippen LogP contribution in [0.5, 0.6) is 0 Å². The summed E-state index contributed by atoms with van der Waals surface area (Å²) in [7, 11) is 0. The zero-order valence-corrected chi connectivity index (χ0v) is 7.88. The Hall–Kier alpha value is -1.02. The first-order valence-electron chi connectivity index (χ1n) is 4.53. The molecular formula is C10H16N2. The fourth-order valence-corrected chi connectivity index (χ4v) is 1.14. The highest BCUT2D eigenvalue weighted by Crippen LogP contribution is 2.15. The predicted octanol–water partition coefficient (Wildman–Crippen LogP) is 2.87. The summed E-state index contributed by atoms with van der Waals surface area (Å²) in [6.45, 7) is 3.98. The number of hydrogen-bond acceptors (Lipinski definition) is 2. The van der Waals surface area contributed by atoms with Crippen LogP contribution in [0.3, 0.4) is 0 Å². The molecular weight excluding hydrogens is 148 g/mol. The summed E-state index contributed by atoms with van der Waals surface area (Å²) in [5.74, 6) is 0.253. The van der Waals surface area contributed by atoms with Crippen molar-refractivity contribution in [2.75, 3.05) is 0 Å². The molecule has 0 aliphatic rings. The van der Waals surface area contributed by atoms with Gasteiger partial charge in [-0.1, -0.05) is 13.3 Å². The van der Waals surface area contributed by atoms with E-state index in [0.717, 1.165) is 25.7 Å². The summed E-state index contributed by atoms with van der Waals surface area (Å²) < 4.78 is 0. The lowest BCUT2D eigenvalue weighted by Gasteiger charge is -2.07. The molecule has 0 fully saturated rings. The zero-order valence-electron chi connectivity index (χ0n) is 7.88. The van der Waals surface area contributed by atoms with Gasteiger partial charge in [0.25, 0.3) is 0 Å². The van der Waals surface area contributed by atoms with E-state index in [4.69, 9.17) is 10.5 Å². The minimum Gasteiger partial charge on any atom is -0.198 e. The average molecular weight is 164 g/mol. The number of nitrogens with zero attached hydrogens (tertiary/aromatic N) is 2. The fourth-order valence-electron chi connectivity index (χ4n) is 1.14. The third-order valence-electron chi connectivity index (χ3n) is 1.99. The summed E-state index contributed by atoms with van der Waals surface area (Å²) in [4.78, 5) is 0. The molecule has 2 heteroatoms. The Labute approximate surface area is 74.8 Å². The van der Waals surface area contributed by atoms with Crippen LogP contribution in [0.25, 0.3) is 0 Å². The van der Waals surface area contributed by atoms with Gasteiger partial charge in [-0.05, 0) is 26.2 Å². The van der Waals surface area contributed by atoms with Crippen LogP contribution in [-0.2, 0) is 0 Å². The fraction of sp³-hybridized carbons (Fsp3) is 0.800. The molecule has 0 aromatic heterocycles. The maximum absolute atomic E-state index is 8.71. The van der Waals surface area contributed by atoms with Gasteiger partial charge in [-0.2, -0.15) is 10.5 Å². The highest BCUT2D eigenvalue weighted by molar-refractivity contribution is 4.85. The highest BCUT2D eigenvalue weighted by Gasteiger charge is 2.08. The molecule has 0 spiro atoms. The van der Waals surface area contributed by atoms with Gasteiger partial charge in [0.2, 0.25) is 0 Å². The topological polar surface area (TPSA) is 47.6 Å². The van der Waals surface area contributed by atoms with Crippen molar-refractivity contribution in [3.63, 3.8) is 0 Å². The Bertz CT molecular complexity index is 185. The molecule has 2 unspecified atom stereocenters. The summed E-state index contributed by atoms with van der Waals surface area (Å²) in [5, 5.41) is 17.2. The molecule has 0 saturated carbocycles. The molecule has 0 saturated heterocycles. The van der Waals surface area contributed by atoms with Crippen molar-refractivity contribution >= 4 is 0 Å². The van der Waals surface area contributed by atoms with Crippen LogP contribution in [0.4, 0.5) is 0 Å². The molecule has 2 nitrogen and oxygen atoms in total. The van der Waals surface area contributed by atoms with Crippen molar-refractivity contribution in [1.29, 1.82) is 10.5 Å². The van der Waals surface area contributed by atoms with Crippen LogP contribution in [0.15, 0.2) is 0 Å². The van der Waals surface area contributed by atoms with Crippen molar-refractivity contribution in [2.45, 2.75) is 39.5 Å². The first-order chi connectivity index (χ1) is 5.74. The average Bonchev–Trinajstić information content (AvgIpc) is 2.11. The number of rotatable bonds is 5. The molecule has 2 atom stereocenters. The first-order valence-corrected chi connectivity index (χ1v) is 4.53. The Morgan fingerprint density at radius 1 is 1.08 bits per heavy atom. The summed E-state index contributed by atoms with van der Waals surface area (Å²) in [6.07, 6.45) is 3.75. The second kappa shape index (κ2) is 6.68. The Balaban J connectivity index is 3.61. The van der Waals surface area contributed by atoms with E-state index in [0.29, 0.717) is 0 Å². The molecule has 0 rings (SSSR count). The molecule has 0 aromatic rings. The highest BCUT2D eigenvalue weighted by atomic mass is 14.3. The van der Waals surface area contributed by atoms with E-state index in [1.54, 1.807) is 0 Å². The van der Waals surface area contributed by atoms with E-state index in [2.05, 4.69) is 19.1 Å². The van der Waals surface area contributed by atoms with Gasteiger partial charge in [0, 0.05) is 11.8 Å². The monoisotopic (exact) mass is 164 g/mol. The van der Waals surface area contributed by atoms with Crippen molar-refractivity contribution in [3.05, 3.63) is 0 Å². The number of nitriles is 2. The van der Waals surface area contributed by atoms with Crippen LogP contribution < -0.4 is 0 Å². The molecule has 0 aliphatic carbocycles. The van der Waals surface area contributed by atoms with Gasteiger partial charge in [-0.25, -0.2) is 0 Å². The van der Waals surface area contributed by atoms with Crippen molar-refractivity contribution in [2.24, 2.45) is 11.8 Å². The van der Waals surface area contributed by atoms with Gasteiger partial charge < -0.3 is 0 Å². The third kappa shape index (κ3) is 4.74. The van der Waals surface area contributed by atoms with E-state index in [1.165, 1.54) is 0 Å². The molecule has 0 N–H and O–H groups in total. The lowest BCUT2D eigenvalue weighted by molar-refractivity contribution is 0.490. The maximum Gasteiger partial charge on any atom is 0.0655 e. The van der Waals surface area contributed by atoms with Gasteiger partial charge in [-0.3, -0.25) is 0 Å². The van der Waals surface area contributed by atoms with E-state index in [-0.39, 0.29) is 11.8 Å². The van der Waals surface area contributed by atoms with Gasteiger partial charge in [0.15, 0.2) is 0 Å². The lowest BCUT2D eigenvalue weighted by atomic mass is 9.95. The molecule has 0 radical (unpaired) electrons.